The maximum absolute atomic E-state index is 12.8. The summed E-state index contributed by atoms with van der Waals surface area (Å²) < 4.78 is 1.94. The Bertz CT molecular complexity index is 1030. The van der Waals surface area contributed by atoms with Crippen molar-refractivity contribution in [1.82, 2.24) is 34.6 Å². The van der Waals surface area contributed by atoms with Crippen LogP contribution in [0.25, 0.3) is 17.1 Å². The third-order valence-corrected chi connectivity index (χ3v) is 4.71. The first-order chi connectivity index (χ1) is 14.1. The van der Waals surface area contributed by atoms with Gasteiger partial charge in [-0.3, -0.25) is 5.32 Å². The van der Waals surface area contributed by atoms with Crippen LogP contribution in [0.2, 0.25) is 0 Å². The molecule has 0 fully saturated rings. The number of nitrogens with zero attached hydrogens (tertiary/aromatic N) is 7. The molecule has 29 heavy (non-hydrogen) atoms. The standard InChI is InChI=1S/C20H22N8O/c1-14(2)28-13-23-26-19(28)17-6-3-7-18(24-17)25-20(29)27-8-4-5-15(11-27)16-9-21-12-22-10-16/h3,5-7,9-10,12-14H,4,8,11H2,1-2H3,(H,24,25,29). The van der Waals surface area contributed by atoms with E-state index in [1.165, 1.54) is 6.33 Å². The van der Waals surface area contributed by atoms with Gasteiger partial charge in [-0.15, -0.1) is 10.2 Å². The average Bonchev–Trinajstić information content (AvgIpc) is 3.25. The summed E-state index contributed by atoms with van der Waals surface area (Å²) in [6.45, 7) is 5.25. The highest BCUT2D eigenvalue weighted by Crippen LogP contribution is 2.22. The van der Waals surface area contributed by atoms with E-state index in [0.29, 0.717) is 30.4 Å². The first kappa shape index (κ1) is 18.7. The van der Waals surface area contributed by atoms with Crippen molar-refractivity contribution in [2.24, 2.45) is 0 Å². The van der Waals surface area contributed by atoms with Crippen LogP contribution in [0.5, 0.6) is 0 Å². The van der Waals surface area contributed by atoms with Crippen LogP contribution in [0.3, 0.4) is 0 Å². The van der Waals surface area contributed by atoms with Crippen molar-refractivity contribution < 1.29 is 4.79 Å². The molecule has 0 radical (unpaired) electrons. The zero-order valence-corrected chi connectivity index (χ0v) is 16.4. The largest absolute Gasteiger partial charge is 0.323 e. The van der Waals surface area contributed by atoms with Crippen LogP contribution in [0.1, 0.15) is 31.9 Å². The molecular formula is C20H22N8O. The Morgan fingerprint density at radius 1 is 1.21 bits per heavy atom. The lowest BCUT2D eigenvalue weighted by molar-refractivity contribution is 0.217. The fraction of sp³-hybridized carbons (Fsp3) is 0.300. The number of rotatable bonds is 4. The van der Waals surface area contributed by atoms with Gasteiger partial charge in [-0.1, -0.05) is 12.1 Å². The molecule has 1 aliphatic heterocycles. The van der Waals surface area contributed by atoms with Crippen molar-refractivity contribution in [1.29, 1.82) is 0 Å². The van der Waals surface area contributed by atoms with Gasteiger partial charge >= 0.3 is 6.03 Å². The number of urea groups is 1. The van der Waals surface area contributed by atoms with Crippen molar-refractivity contribution >= 4 is 17.4 Å². The third kappa shape index (κ3) is 4.13. The molecule has 4 heterocycles. The molecule has 0 saturated heterocycles. The van der Waals surface area contributed by atoms with E-state index in [0.717, 1.165) is 17.6 Å². The molecule has 0 saturated carbocycles. The van der Waals surface area contributed by atoms with Crippen LogP contribution in [-0.2, 0) is 0 Å². The number of carbonyl (C=O) groups excluding carboxylic acids is 1. The van der Waals surface area contributed by atoms with Gasteiger partial charge in [0.25, 0.3) is 0 Å². The molecule has 148 valence electrons. The molecule has 1 aliphatic rings. The molecule has 2 amide bonds. The zero-order chi connectivity index (χ0) is 20.2. The molecule has 0 bridgehead atoms. The highest BCUT2D eigenvalue weighted by Gasteiger charge is 2.20. The van der Waals surface area contributed by atoms with Crippen molar-refractivity contribution in [3.8, 4) is 11.5 Å². The zero-order valence-electron chi connectivity index (χ0n) is 16.4. The van der Waals surface area contributed by atoms with Crippen molar-refractivity contribution in [3.63, 3.8) is 0 Å². The number of pyridine rings is 1. The Morgan fingerprint density at radius 3 is 2.83 bits per heavy atom. The average molecular weight is 390 g/mol. The summed E-state index contributed by atoms with van der Waals surface area (Å²) in [5.74, 6) is 1.15. The Labute approximate surface area is 168 Å². The van der Waals surface area contributed by atoms with Gasteiger partial charge in [-0.2, -0.15) is 0 Å². The lowest BCUT2D eigenvalue weighted by Crippen LogP contribution is -2.38. The maximum atomic E-state index is 12.8. The minimum atomic E-state index is -0.192. The van der Waals surface area contributed by atoms with Gasteiger partial charge in [-0.05, 0) is 38.0 Å². The normalized spacial score (nSPS) is 14.0. The molecule has 9 nitrogen and oxygen atoms in total. The molecule has 1 N–H and O–H groups in total. The second-order valence-electron chi connectivity index (χ2n) is 7.06. The van der Waals surface area contributed by atoms with E-state index in [4.69, 9.17) is 0 Å². The molecule has 0 aliphatic carbocycles. The first-order valence-corrected chi connectivity index (χ1v) is 9.49. The number of hydrogen-bond donors (Lipinski definition) is 1. The Morgan fingerprint density at radius 2 is 2.03 bits per heavy atom. The molecule has 0 atom stereocenters. The number of nitrogens with one attached hydrogen (secondary N) is 1. The van der Waals surface area contributed by atoms with Gasteiger partial charge < -0.3 is 9.47 Å². The summed E-state index contributed by atoms with van der Waals surface area (Å²) in [6, 6.07) is 5.49. The fourth-order valence-electron chi connectivity index (χ4n) is 3.21. The predicted octanol–water partition coefficient (Wildman–Crippen LogP) is 3.03. The number of hydrogen-bond acceptors (Lipinski definition) is 6. The Hall–Kier alpha value is -3.62. The minimum absolute atomic E-state index is 0.192. The van der Waals surface area contributed by atoms with Crippen LogP contribution in [0, 0.1) is 0 Å². The van der Waals surface area contributed by atoms with Crippen LogP contribution in [0.15, 0.2) is 49.3 Å². The van der Waals surface area contributed by atoms with Gasteiger partial charge in [0.05, 0.1) is 0 Å². The Balaban J connectivity index is 1.48. The summed E-state index contributed by atoms with van der Waals surface area (Å²) in [5, 5.41) is 11.0. The topological polar surface area (TPSA) is 102 Å². The molecule has 3 aromatic heterocycles. The van der Waals surface area contributed by atoms with E-state index in [2.05, 4.69) is 50.4 Å². The van der Waals surface area contributed by atoms with E-state index in [1.807, 2.05) is 16.7 Å². The van der Waals surface area contributed by atoms with E-state index < -0.39 is 0 Å². The molecule has 4 rings (SSSR count). The smallest absolute Gasteiger partial charge is 0.320 e. The molecule has 0 spiro atoms. The monoisotopic (exact) mass is 390 g/mol. The summed E-state index contributed by atoms with van der Waals surface area (Å²) >= 11 is 0. The van der Waals surface area contributed by atoms with Gasteiger partial charge in [0.15, 0.2) is 5.82 Å². The van der Waals surface area contributed by atoms with Gasteiger partial charge in [0.1, 0.15) is 24.2 Å². The molecular weight excluding hydrogens is 368 g/mol. The van der Waals surface area contributed by atoms with Crippen molar-refractivity contribution in [2.75, 3.05) is 18.4 Å². The quantitative estimate of drug-likeness (QED) is 0.735. The van der Waals surface area contributed by atoms with E-state index in [1.54, 1.807) is 29.7 Å². The maximum Gasteiger partial charge on any atom is 0.323 e. The van der Waals surface area contributed by atoms with Crippen LogP contribution in [-0.4, -0.2) is 53.7 Å². The SMILES string of the molecule is CC(C)n1cnnc1-c1cccc(NC(=O)N2CCC=C(c3cncnc3)C2)n1. The highest BCUT2D eigenvalue weighted by atomic mass is 16.2. The summed E-state index contributed by atoms with van der Waals surface area (Å²) in [7, 11) is 0. The van der Waals surface area contributed by atoms with E-state index >= 15 is 0 Å². The van der Waals surface area contributed by atoms with Crippen LogP contribution in [0.4, 0.5) is 10.6 Å². The highest BCUT2D eigenvalue weighted by molar-refractivity contribution is 5.90. The molecule has 9 heteroatoms. The summed E-state index contributed by atoms with van der Waals surface area (Å²) in [6.07, 6.45) is 9.60. The number of aromatic nitrogens is 6. The minimum Gasteiger partial charge on any atom is -0.320 e. The van der Waals surface area contributed by atoms with Gasteiger partial charge in [0, 0.05) is 37.1 Å². The number of carbonyl (C=O) groups is 1. The van der Waals surface area contributed by atoms with Crippen LogP contribution >= 0.6 is 0 Å². The van der Waals surface area contributed by atoms with Gasteiger partial charge in [0.2, 0.25) is 0 Å². The van der Waals surface area contributed by atoms with Crippen molar-refractivity contribution in [2.45, 2.75) is 26.3 Å². The van der Waals surface area contributed by atoms with Gasteiger partial charge in [-0.25, -0.2) is 19.7 Å². The lowest BCUT2D eigenvalue weighted by atomic mass is 10.0. The third-order valence-electron chi connectivity index (χ3n) is 4.71. The van der Waals surface area contributed by atoms with E-state index in [-0.39, 0.29) is 12.1 Å². The molecule has 0 unspecified atom stereocenters. The molecule has 3 aromatic rings. The number of anilines is 1. The second-order valence-corrected chi connectivity index (χ2v) is 7.06. The predicted molar refractivity (Wildman–Crippen MR) is 109 cm³/mol. The summed E-state index contributed by atoms with van der Waals surface area (Å²) in [5.41, 5.74) is 2.63. The van der Waals surface area contributed by atoms with Crippen molar-refractivity contribution in [3.05, 3.63) is 54.9 Å². The second kappa shape index (κ2) is 8.17. The first-order valence-electron chi connectivity index (χ1n) is 9.49. The summed E-state index contributed by atoms with van der Waals surface area (Å²) in [4.78, 5) is 27.2. The van der Waals surface area contributed by atoms with E-state index in [9.17, 15) is 4.79 Å². The Kier molecular flexibility index (Phi) is 5.28. The number of amides is 2. The molecule has 0 aromatic carbocycles. The van der Waals surface area contributed by atoms with Crippen LogP contribution < -0.4 is 5.32 Å². The fourth-order valence-corrected chi connectivity index (χ4v) is 3.21. The lowest BCUT2D eigenvalue weighted by Gasteiger charge is -2.27.